The van der Waals surface area contributed by atoms with Gasteiger partial charge in [0.05, 0.1) is 13.2 Å². The minimum absolute atomic E-state index is 0.103. The number of amides is 1. The second-order valence-electron chi connectivity index (χ2n) is 4.48. The summed E-state index contributed by atoms with van der Waals surface area (Å²) in [5.41, 5.74) is 1.58. The Bertz CT molecular complexity index is 596. The molecule has 20 heavy (non-hydrogen) atoms. The molecule has 1 N–H and O–H groups in total. The Morgan fingerprint density at radius 1 is 1.20 bits per heavy atom. The largest absolute Gasteiger partial charge is 0.497 e. The van der Waals surface area contributed by atoms with Crippen LogP contribution in [0, 0.1) is 0 Å². The Morgan fingerprint density at radius 2 is 1.90 bits per heavy atom. The SMILES string of the molecule is COc1cccc([C@H](C)NC(=O)c2ccc(Cl)cc2)c1. The molecule has 1 amide bonds. The number of hydrogen-bond acceptors (Lipinski definition) is 2. The highest BCUT2D eigenvalue weighted by Gasteiger charge is 2.11. The first-order valence-corrected chi connectivity index (χ1v) is 6.68. The molecular formula is C16H16ClNO2. The molecule has 0 heterocycles. The van der Waals surface area contributed by atoms with E-state index in [1.807, 2.05) is 31.2 Å². The molecule has 0 saturated heterocycles. The van der Waals surface area contributed by atoms with Crippen LogP contribution in [0.2, 0.25) is 5.02 Å². The fourth-order valence-electron chi connectivity index (χ4n) is 1.88. The van der Waals surface area contributed by atoms with E-state index >= 15 is 0 Å². The maximum Gasteiger partial charge on any atom is 0.251 e. The van der Waals surface area contributed by atoms with Crippen molar-refractivity contribution in [3.63, 3.8) is 0 Å². The quantitative estimate of drug-likeness (QED) is 0.929. The number of methoxy groups -OCH3 is 1. The third kappa shape index (κ3) is 3.52. The summed E-state index contributed by atoms with van der Waals surface area (Å²) >= 11 is 5.81. The highest BCUT2D eigenvalue weighted by atomic mass is 35.5. The van der Waals surface area contributed by atoms with Crippen LogP contribution < -0.4 is 10.1 Å². The summed E-state index contributed by atoms with van der Waals surface area (Å²) in [6, 6.07) is 14.3. The van der Waals surface area contributed by atoms with Gasteiger partial charge in [0.25, 0.3) is 5.91 Å². The highest BCUT2D eigenvalue weighted by Crippen LogP contribution is 2.19. The molecule has 2 rings (SSSR count). The van der Waals surface area contributed by atoms with Gasteiger partial charge in [-0.2, -0.15) is 0 Å². The first kappa shape index (κ1) is 14.4. The molecule has 0 radical (unpaired) electrons. The van der Waals surface area contributed by atoms with Crippen LogP contribution in [0.3, 0.4) is 0 Å². The zero-order valence-electron chi connectivity index (χ0n) is 11.4. The number of ether oxygens (including phenoxy) is 1. The van der Waals surface area contributed by atoms with Crippen LogP contribution >= 0.6 is 11.6 Å². The van der Waals surface area contributed by atoms with Crippen LogP contribution in [-0.4, -0.2) is 13.0 Å². The van der Waals surface area contributed by atoms with Gasteiger partial charge < -0.3 is 10.1 Å². The lowest BCUT2D eigenvalue weighted by Crippen LogP contribution is -2.26. The molecule has 0 saturated carbocycles. The summed E-state index contributed by atoms with van der Waals surface area (Å²) in [6.45, 7) is 1.93. The van der Waals surface area contributed by atoms with Crippen molar-refractivity contribution in [3.8, 4) is 5.75 Å². The summed E-state index contributed by atoms with van der Waals surface area (Å²) in [5, 5.41) is 3.56. The van der Waals surface area contributed by atoms with Crippen LogP contribution in [0.15, 0.2) is 48.5 Å². The number of hydrogen-bond donors (Lipinski definition) is 1. The summed E-state index contributed by atoms with van der Waals surface area (Å²) in [4.78, 5) is 12.1. The van der Waals surface area contributed by atoms with Crippen molar-refractivity contribution in [1.29, 1.82) is 0 Å². The summed E-state index contributed by atoms with van der Waals surface area (Å²) in [7, 11) is 1.62. The predicted molar refractivity (Wildman–Crippen MR) is 80.3 cm³/mol. The van der Waals surface area contributed by atoms with Gasteiger partial charge in [-0.25, -0.2) is 0 Å². The molecule has 0 spiro atoms. The maximum atomic E-state index is 12.1. The van der Waals surface area contributed by atoms with Gasteiger partial charge >= 0.3 is 0 Å². The highest BCUT2D eigenvalue weighted by molar-refractivity contribution is 6.30. The van der Waals surface area contributed by atoms with E-state index in [1.54, 1.807) is 31.4 Å². The molecule has 1 atom stereocenters. The minimum atomic E-state index is -0.128. The lowest BCUT2D eigenvalue weighted by atomic mass is 10.1. The van der Waals surface area contributed by atoms with Crippen molar-refractivity contribution in [1.82, 2.24) is 5.32 Å². The number of carbonyl (C=O) groups excluding carboxylic acids is 1. The van der Waals surface area contributed by atoms with Crippen LogP contribution in [-0.2, 0) is 0 Å². The van der Waals surface area contributed by atoms with Gasteiger partial charge in [-0.15, -0.1) is 0 Å². The third-order valence-electron chi connectivity index (χ3n) is 3.05. The van der Waals surface area contributed by atoms with Gasteiger partial charge in [0.1, 0.15) is 5.75 Å². The number of benzene rings is 2. The van der Waals surface area contributed by atoms with E-state index in [4.69, 9.17) is 16.3 Å². The zero-order valence-corrected chi connectivity index (χ0v) is 12.1. The predicted octanol–water partition coefficient (Wildman–Crippen LogP) is 3.84. The van der Waals surface area contributed by atoms with Crippen molar-refractivity contribution in [2.24, 2.45) is 0 Å². The molecule has 4 heteroatoms. The summed E-state index contributed by atoms with van der Waals surface area (Å²) < 4.78 is 5.18. The molecular weight excluding hydrogens is 274 g/mol. The number of carbonyl (C=O) groups is 1. The van der Waals surface area contributed by atoms with Crippen LogP contribution in [0.1, 0.15) is 28.9 Å². The van der Waals surface area contributed by atoms with Gasteiger partial charge in [-0.1, -0.05) is 23.7 Å². The lowest BCUT2D eigenvalue weighted by Gasteiger charge is -2.15. The van der Waals surface area contributed by atoms with Gasteiger partial charge in [-0.05, 0) is 48.9 Å². The van der Waals surface area contributed by atoms with Gasteiger partial charge in [0.2, 0.25) is 0 Å². The Kier molecular flexibility index (Phi) is 4.64. The number of halogens is 1. The fraction of sp³-hybridized carbons (Fsp3) is 0.188. The summed E-state index contributed by atoms with van der Waals surface area (Å²) in [6.07, 6.45) is 0. The Balaban J connectivity index is 2.08. The zero-order chi connectivity index (χ0) is 14.5. The lowest BCUT2D eigenvalue weighted by molar-refractivity contribution is 0.0940. The number of nitrogens with one attached hydrogen (secondary N) is 1. The van der Waals surface area contributed by atoms with Crippen molar-refractivity contribution < 1.29 is 9.53 Å². The van der Waals surface area contributed by atoms with E-state index in [0.29, 0.717) is 10.6 Å². The second-order valence-corrected chi connectivity index (χ2v) is 4.92. The van der Waals surface area contributed by atoms with Crippen LogP contribution in [0.5, 0.6) is 5.75 Å². The second kappa shape index (κ2) is 6.44. The van der Waals surface area contributed by atoms with E-state index in [1.165, 1.54) is 0 Å². The van der Waals surface area contributed by atoms with Crippen molar-refractivity contribution in [2.75, 3.05) is 7.11 Å². The molecule has 0 aliphatic heterocycles. The standard InChI is InChI=1S/C16H16ClNO2/c1-11(13-4-3-5-15(10-13)20-2)18-16(19)12-6-8-14(17)9-7-12/h3-11H,1-2H3,(H,18,19)/t11-/m0/s1. The Labute approximate surface area is 123 Å². The third-order valence-corrected chi connectivity index (χ3v) is 3.30. The molecule has 2 aromatic rings. The van der Waals surface area contributed by atoms with E-state index in [9.17, 15) is 4.79 Å². The normalized spacial score (nSPS) is 11.8. The fourth-order valence-corrected chi connectivity index (χ4v) is 2.00. The molecule has 0 unspecified atom stereocenters. The van der Waals surface area contributed by atoms with Crippen molar-refractivity contribution in [2.45, 2.75) is 13.0 Å². The molecule has 0 aliphatic rings. The molecule has 0 bridgehead atoms. The topological polar surface area (TPSA) is 38.3 Å². The first-order valence-electron chi connectivity index (χ1n) is 6.30. The van der Waals surface area contributed by atoms with E-state index in [-0.39, 0.29) is 11.9 Å². The first-order chi connectivity index (χ1) is 9.60. The minimum Gasteiger partial charge on any atom is -0.497 e. The van der Waals surface area contributed by atoms with E-state index in [0.717, 1.165) is 11.3 Å². The molecule has 0 aromatic heterocycles. The van der Waals surface area contributed by atoms with E-state index in [2.05, 4.69) is 5.32 Å². The van der Waals surface area contributed by atoms with Crippen LogP contribution in [0.25, 0.3) is 0 Å². The Hall–Kier alpha value is -2.00. The van der Waals surface area contributed by atoms with Crippen LogP contribution in [0.4, 0.5) is 0 Å². The van der Waals surface area contributed by atoms with Gasteiger partial charge in [0, 0.05) is 10.6 Å². The number of rotatable bonds is 4. The average molecular weight is 290 g/mol. The molecule has 3 nitrogen and oxygen atoms in total. The molecule has 0 aliphatic carbocycles. The Morgan fingerprint density at radius 3 is 2.55 bits per heavy atom. The average Bonchev–Trinajstić information content (AvgIpc) is 2.47. The molecule has 2 aromatic carbocycles. The maximum absolute atomic E-state index is 12.1. The molecule has 104 valence electrons. The van der Waals surface area contributed by atoms with Gasteiger partial charge in [0.15, 0.2) is 0 Å². The monoisotopic (exact) mass is 289 g/mol. The van der Waals surface area contributed by atoms with Crippen molar-refractivity contribution >= 4 is 17.5 Å². The van der Waals surface area contributed by atoms with E-state index < -0.39 is 0 Å². The smallest absolute Gasteiger partial charge is 0.251 e. The molecule has 0 fully saturated rings. The van der Waals surface area contributed by atoms with Crippen molar-refractivity contribution in [3.05, 3.63) is 64.7 Å². The van der Waals surface area contributed by atoms with Gasteiger partial charge in [-0.3, -0.25) is 4.79 Å². The summed E-state index contributed by atoms with van der Waals surface area (Å²) in [5.74, 6) is 0.645.